The molecule has 0 aromatic carbocycles. The van der Waals surface area contributed by atoms with Crippen molar-refractivity contribution in [1.82, 2.24) is 20.3 Å². The van der Waals surface area contributed by atoms with E-state index >= 15 is 0 Å². The molecule has 2 aromatic heterocycles. The van der Waals surface area contributed by atoms with Crippen molar-refractivity contribution in [3.05, 3.63) is 24.3 Å². The monoisotopic (exact) mass is 312 g/mol. The molecule has 5 rings (SSSR count). The quantitative estimate of drug-likeness (QED) is 0.889. The van der Waals surface area contributed by atoms with Crippen LogP contribution in [0.25, 0.3) is 11.0 Å². The van der Waals surface area contributed by atoms with Gasteiger partial charge in [-0.3, -0.25) is 4.79 Å². The van der Waals surface area contributed by atoms with E-state index in [1.807, 2.05) is 0 Å². The first kappa shape index (κ1) is 13.5. The lowest BCUT2D eigenvalue weighted by Crippen LogP contribution is -2.63. The van der Waals surface area contributed by atoms with Crippen molar-refractivity contribution in [2.24, 2.45) is 11.8 Å². The Morgan fingerprint density at radius 2 is 2.39 bits per heavy atom. The molecule has 6 heteroatoms. The standard InChI is InChI=1S/C17H20N4O2/c22-16(12-8-19-15-11(12)7-18-9-20-15)21-14-2-1-4-17-10(3-5-23-17)6-13(14)17/h7-10,13-14H,1-6H2,(H,21,22)(H,18,19,20). The summed E-state index contributed by atoms with van der Waals surface area (Å²) in [7, 11) is 0. The first-order valence-electron chi connectivity index (χ1n) is 8.50. The van der Waals surface area contributed by atoms with E-state index in [4.69, 9.17) is 4.74 Å². The fraction of sp³-hybridized carbons (Fsp3) is 0.588. The predicted octanol–water partition coefficient (Wildman–Crippen LogP) is 2.04. The van der Waals surface area contributed by atoms with Crippen LogP contribution < -0.4 is 5.32 Å². The first-order chi connectivity index (χ1) is 11.3. The van der Waals surface area contributed by atoms with E-state index < -0.39 is 0 Å². The third-order valence-corrected chi connectivity index (χ3v) is 6.18. The summed E-state index contributed by atoms with van der Waals surface area (Å²) >= 11 is 0. The van der Waals surface area contributed by atoms with Gasteiger partial charge >= 0.3 is 0 Å². The van der Waals surface area contributed by atoms with E-state index in [1.165, 1.54) is 19.2 Å². The molecule has 6 nitrogen and oxygen atoms in total. The average Bonchev–Trinajstić information content (AvgIpc) is 3.09. The van der Waals surface area contributed by atoms with Crippen LogP contribution in [0.1, 0.15) is 42.5 Å². The minimum absolute atomic E-state index is 0.0328. The summed E-state index contributed by atoms with van der Waals surface area (Å²) in [5.74, 6) is 1.16. The van der Waals surface area contributed by atoms with Gasteiger partial charge in [-0.15, -0.1) is 0 Å². The molecule has 1 spiro atoms. The number of H-pyrrole nitrogens is 1. The molecular weight excluding hydrogens is 292 g/mol. The Bertz CT molecular complexity index is 773. The molecule has 0 radical (unpaired) electrons. The molecule has 3 aliphatic rings. The minimum Gasteiger partial charge on any atom is -0.374 e. The highest BCUT2D eigenvalue weighted by atomic mass is 16.5. The van der Waals surface area contributed by atoms with Gasteiger partial charge in [-0.1, -0.05) is 0 Å². The van der Waals surface area contributed by atoms with Gasteiger partial charge in [0, 0.05) is 36.3 Å². The lowest BCUT2D eigenvalue weighted by atomic mass is 9.53. The number of aromatic nitrogens is 3. The van der Waals surface area contributed by atoms with Crippen LogP contribution in [-0.4, -0.2) is 39.1 Å². The Hall–Kier alpha value is -1.95. The normalized spacial score (nSPS) is 35.4. The number of nitrogens with zero attached hydrogens (tertiary/aromatic N) is 2. The molecule has 23 heavy (non-hydrogen) atoms. The molecule has 1 amide bonds. The third-order valence-electron chi connectivity index (χ3n) is 6.18. The lowest BCUT2D eigenvalue weighted by Gasteiger charge is -2.57. The fourth-order valence-electron chi connectivity index (χ4n) is 5.06. The topological polar surface area (TPSA) is 79.9 Å². The second kappa shape index (κ2) is 4.77. The van der Waals surface area contributed by atoms with Crippen LogP contribution in [0.3, 0.4) is 0 Å². The third kappa shape index (κ3) is 1.81. The van der Waals surface area contributed by atoms with Gasteiger partial charge in [-0.2, -0.15) is 0 Å². The summed E-state index contributed by atoms with van der Waals surface area (Å²) in [5, 5.41) is 4.03. The SMILES string of the molecule is O=C(NC1CCCC23OCCC2CC13)c1c[nH]c2ncncc12. The molecule has 0 bridgehead atoms. The van der Waals surface area contributed by atoms with E-state index in [9.17, 15) is 4.79 Å². The molecule has 120 valence electrons. The second-order valence-electron chi connectivity index (χ2n) is 7.09. The largest absolute Gasteiger partial charge is 0.374 e. The molecular formula is C17H20N4O2. The molecule has 4 atom stereocenters. The van der Waals surface area contributed by atoms with Crippen LogP contribution in [0.15, 0.2) is 18.7 Å². The summed E-state index contributed by atoms with van der Waals surface area (Å²) in [4.78, 5) is 23.9. The summed E-state index contributed by atoms with van der Waals surface area (Å²) in [5.41, 5.74) is 1.40. The van der Waals surface area contributed by atoms with Crippen LogP contribution >= 0.6 is 0 Å². The van der Waals surface area contributed by atoms with Crippen LogP contribution in [0.2, 0.25) is 0 Å². The van der Waals surface area contributed by atoms with Gasteiger partial charge in [-0.25, -0.2) is 9.97 Å². The number of rotatable bonds is 2. The lowest BCUT2D eigenvalue weighted by molar-refractivity contribution is -0.166. The Labute approximate surface area is 134 Å². The Balaban J connectivity index is 1.38. The highest BCUT2D eigenvalue weighted by Crippen LogP contribution is 2.59. The van der Waals surface area contributed by atoms with Crippen molar-refractivity contribution in [3.8, 4) is 0 Å². The minimum atomic E-state index is -0.0328. The van der Waals surface area contributed by atoms with E-state index in [1.54, 1.807) is 12.4 Å². The molecule has 3 fully saturated rings. The van der Waals surface area contributed by atoms with E-state index in [2.05, 4.69) is 20.3 Å². The smallest absolute Gasteiger partial charge is 0.253 e. The van der Waals surface area contributed by atoms with Crippen LogP contribution in [0.4, 0.5) is 0 Å². The number of hydrogen-bond donors (Lipinski definition) is 2. The van der Waals surface area contributed by atoms with Gasteiger partial charge in [-0.05, 0) is 38.0 Å². The number of amides is 1. The van der Waals surface area contributed by atoms with E-state index in [0.717, 1.165) is 31.3 Å². The van der Waals surface area contributed by atoms with Gasteiger partial charge in [0.15, 0.2) is 0 Å². The second-order valence-corrected chi connectivity index (χ2v) is 7.09. The predicted molar refractivity (Wildman–Crippen MR) is 83.9 cm³/mol. The Morgan fingerprint density at radius 3 is 3.30 bits per heavy atom. The van der Waals surface area contributed by atoms with Crippen LogP contribution in [0, 0.1) is 11.8 Å². The summed E-state index contributed by atoms with van der Waals surface area (Å²) in [6.07, 6.45) is 10.6. The van der Waals surface area contributed by atoms with E-state index in [-0.39, 0.29) is 17.6 Å². The Morgan fingerprint density at radius 1 is 1.43 bits per heavy atom. The number of carbonyl (C=O) groups is 1. The average molecular weight is 312 g/mol. The van der Waals surface area contributed by atoms with Crippen molar-refractivity contribution in [2.45, 2.75) is 43.7 Å². The summed E-state index contributed by atoms with van der Waals surface area (Å²) in [6.45, 7) is 0.890. The van der Waals surface area contributed by atoms with Crippen LogP contribution in [0.5, 0.6) is 0 Å². The fourth-order valence-corrected chi connectivity index (χ4v) is 5.06. The molecule has 2 aliphatic carbocycles. The maximum Gasteiger partial charge on any atom is 0.253 e. The molecule has 4 unspecified atom stereocenters. The number of nitrogens with one attached hydrogen (secondary N) is 2. The first-order valence-corrected chi connectivity index (χ1v) is 8.50. The number of hydrogen-bond acceptors (Lipinski definition) is 4. The van der Waals surface area contributed by atoms with E-state index in [0.29, 0.717) is 23.0 Å². The zero-order chi connectivity index (χ0) is 15.4. The molecule has 3 heterocycles. The zero-order valence-electron chi connectivity index (χ0n) is 12.9. The van der Waals surface area contributed by atoms with Crippen molar-refractivity contribution >= 4 is 16.9 Å². The number of fused-ring (bicyclic) bond motifs is 1. The van der Waals surface area contributed by atoms with Gasteiger partial charge in [0.1, 0.15) is 12.0 Å². The van der Waals surface area contributed by atoms with Gasteiger partial charge < -0.3 is 15.0 Å². The maximum absolute atomic E-state index is 12.7. The summed E-state index contributed by atoms with van der Waals surface area (Å²) < 4.78 is 6.14. The Kier molecular flexibility index (Phi) is 2.80. The maximum atomic E-state index is 12.7. The zero-order valence-corrected chi connectivity index (χ0v) is 12.9. The molecule has 1 aliphatic heterocycles. The highest BCUT2D eigenvalue weighted by molar-refractivity contribution is 6.05. The number of aromatic amines is 1. The van der Waals surface area contributed by atoms with Gasteiger partial charge in [0.25, 0.3) is 5.91 Å². The number of carbonyl (C=O) groups excluding carboxylic acids is 1. The van der Waals surface area contributed by atoms with Gasteiger partial charge in [0.2, 0.25) is 0 Å². The molecule has 2 N–H and O–H groups in total. The summed E-state index contributed by atoms with van der Waals surface area (Å²) in [6, 6.07) is 0.222. The molecule has 2 saturated carbocycles. The van der Waals surface area contributed by atoms with Crippen molar-refractivity contribution < 1.29 is 9.53 Å². The molecule has 1 saturated heterocycles. The van der Waals surface area contributed by atoms with Crippen LogP contribution in [-0.2, 0) is 4.74 Å². The van der Waals surface area contributed by atoms with Crippen molar-refractivity contribution in [1.29, 1.82) is 0 Å². The van der Waals surface area contributed by atoms with Crippen molar-refractivity contribution in [2.75, 3.05) is 6.61 Å². The van der Waals surface area contributed by atoms with Crippen molar-refractivity contribution in [3.63, 3.8) is 0 Å². The molecule has 2 aromatic rings. The highest BCUT2D eigenvalue weighted by Gasteiger charge is 2.62. The van der Waals surface area contributed by atoms with Gasteiger partial charge in [0.05, 0.1) is 11.2 Å². The number of ether oxygens (including phenoxy) is 1.